The smallest absolute Gasteiger partial charge is 0.221 e. The van der Waals surface area contributed by atoms with E-state index in [2.05, 4.69) is 15.5 Å². The van der Waals surface area contributed by atoms with Crippen LogP contribution in [0.5, 0.6) is 0 Å². The lowest BCUT2D eigenvalue weighted by atomic mass is 10.2. The summed E-state index contributed by atoms with van der Waals surface area (Å²) in [6.45, 7) is 4.74. The summed E-state index contributed by atoms with van der Waals surface area (Å²) in [6.07, 6.45) is 0.164. The third-order valence-electron chi connectivity index (χ3n) is 3.47. The molecule has 0 bridgehead atoms. The summed E-state index contributed by atoms with van der Waals surface area (Å²) in [5.41, 5.74) is -0.191. The average Bonchev–Trinajstić information content (AvgIpc) is 2.51. The summed E-state index contributed by atoms with van der Waals surface area (Å²) in [6, 6.07) is 3.65. The van der Waals surface area contributed by atoms with Crippen molar-refractivity contribution in [2.24, 2.45) is 0 Å². The van der Waals surface area contributed by atoms with Gasteiger partial charge in [0.05, 0.1) is 13.2 Å². The van der Waals surface area contributed by atoms with Crippen LogP contribution in [0.15, 0.2) is 18.2 Å². The molecule has 2 N–H and O–H groups in total. The lowest BCUT2D eigenvalue weighted by Crippen LogP contribution is -2.41. The Labute approximate surface area is 128 Å². The highest BCUT2D eigenvalue weighted by Crippen LogP contribution is 2.17. The molecule has 1 aromatic rings. The van der Waals surface area contributed by atoms with Crippen LogP contribution in [0.25, 0.3) is 0 Å². The first-order valence-electron chi connectivity index (χ1n) is 7.41. The van der Waals surface area contributed by atoms with E-state index in [9.17, 15) is 13.6 Å². The number of benzene rings is 1. The lowest BCUT2D eigenvalue weighted by Gasteiger charge is -2.26. The quantitative estimate of drug-likeness (QED) is 0.795. The molecular formula is C15H21F2N3O2. The number of carbonyl (C=O) groups is 1. The Morgan fingerprint density at radius 1 is 1.18 bits per heavy atom. The molecule has 1 heterocycles. The van der Waals surface area contributed by atoms with Crippen LogP contribution in [0.2, 0.25) is 0 Å². The van der Waals surface area contributed by atoms with Crippen molar-refractivity contribution >= 4 is 11.6 Å². The van der Waals surface area contributed by atoms with Crippen LogP contribution in [-0.2, 0) is 9.53 Å². The number of ether oxygens (including phenoxy) is 1. The minimum atomic E-state index is -0.660. The monoisotopic (exact) mass is 313 g/mol. The van der Waals surface area contributed by atoms with Crippen molar-refractivity contribution in [1.82, 2.24) is 10.2 Å². The van der Waals surface area contributed by atoms with Crippen molar-refractivity contribution in [2.75, 3.05) is 51.3 Å². The molecule has 0 radical (unpaired) electrons. The minimum absolute atomic E-state index is 0.141. The molecule has 0 atom stereocenters. The Balaban J connectivity index is 1.61. The standard InChI is InChI=1S/C15H21F2N3O2/c16-12-2-1-3-13(17)15(12)19-5-4-14(21)18-6-7-20-8-10-22-11-9-20/h1-3,19H,4-11H2,(H,18,21). The highest BCUT2D eigenvalue weighted by Gasteiger charge is 2.11. The first kappa shape index (κ1) is 16.6. The molecule has 2 rings (SSSR count). The van der Waals surface area contributed by atoms with Gasteiger partial charge in [-0.05, 0) is 12.1 Å². The van der Waals surface area contributed by atoms with Gasteiger partial charge in [0.1, 0.15) is 17.3 Å². The van der Waals surface area contributed by atoms with Crippen LogP contribution in [0.3, 0.4) is 0 Å². The second-order valence-electron chi connectivity index (χ2n) is 5.08. The maximum absolute atomic E-state index is 13.4. The van der Waals surface area contributed by atoms with Crippen molar-refractivity contribution in [3.8, 4) is 0 Å². The van der Waals surface area contributed by atoms with Crippen LogP contribution in [-0.4, -0.2) is 56.7 Å². The predicted molar refractivity (Wildman–Crippen MR) is 79.7 cm³/mol. The first-order valence-corrected chi connectivity index (χ1v) is 7.41. The number of nitrogens with zero attached hydrogens (tertiary/aromatic N) is 1. The van der Waals surface area contributed by atoms with Crippen LogP contribution in [0, 0.1) is 11.6 Å². The Hall–Kier alpha value is -1.73. The summed E-state index contributed by atoms with van der Waals surface area (Å²) in [5, 5.41) is 5.41. The Morgan fingerprint density at radius 3 is 2.55 bits per heavy atom. The Bertz CT molecular complexity index is 473. The van der Waals surface area contributed by atoms with E-state index >= 15 is 0 Å². The number of anilines is 1. The van der Waals surface area contributed by atoms with E-state index in [1.54, 1.807) is 0 Å². The van der Waals surface area contributed by atoms with Gasteiger partial charge in [0.2, 0.25) is 5.91 Å². The second kappa shape index (κ2) is 8.65. The minimum Gasteiger partial charge on any atom is -0.380 e. The first-order chi connectivity index (χ1) is 10.7. The maximum Gasteiger partial charge on any atom is 0.221 e. The summed E-state index contributed by atoms with van der Waals surface area (Å²) in [4.78, 5) is 13.9. The zero-order chi connectivity index (χ0) is 15.8. The molecule has 122 valence electrons. The number of amides is 1. The van der Waals surface area contributed by atoms with Crippen molar-refractivity contribution in [1.29, 1.82) is 0 Å². The zero-order valence-electron chi connectivity index (χ0n) is 12.4. The maximum atomic E-state index is 13.4. The molecule has 0 saturated carbocycles. The fourth-order valence-corrected chi connectivity index (χ4v) is 2.23. The van der Waals surface area contributed by atoms with Gasteiger partial charge in [-0.15, -0.1) is 0 Å². The fraction of sp³-hybridized carbons (Fsp3) is 0.533. The predicted octanol–water partition coefficient (Wildman–Crippen LogP) is 1.22. The fourth-order valence-electron chi connectivity index (χ4n) is 2.23. The third kappa shape index (κ3) is 5.23. The number of hydrogen-bond acceptors (Lipinski definition) is 4. The van der Waals surface area contributed by atoms with Gasteiger partial charge in [-0.1, -0.05) is 6.07 Å². The SMILES string of the molecule is O=C(CCNc1c(F)cccc1F)NCCN1CCOCC1. The van der Waals surface area contributed by atoms with Gasteiger partial charge in [0.15, 0.2) is 0 Å². The largest absolute Gasteiger partial charge is 0.380 e. The van der Waals surface area contributed by atoms with Gasteiger partial charge in [0, 0.05) is 39.1 Å². The van der Waals surface area contributed by atoms with Crippen molar-refractivity contribution in [3.05, 3.63) is 29.8 Å². The normalized spacial score (nSPS) is 15.5. The van der Waals surface area contributed by atoms with Crippen molar-refractivity contribution < 1.29 is 18.3 Å². The van der Waals surface area contributed by atoms with Gasteiger partial charge in [-0.25, -0.2) is 8.78 Å². The van der Waals surface area contributed by atoms with E-state index in [4.69, 9.17) is 4.74 Å². The highest BCUT2D eigenvalue weighted by atomic mass is 19.1. The molecular weight excluding hydrogens is 292 g/mol. The number of morpholine rings is 1. The van der Waals surface area contributed by atoms with E-state index in [0.29, 0.717) is 6.54 Å². The second-order valence-corrected chi connectivity index (χ2v) is 5.08. The molecule has 22 heavy (non-hydrogen) atoms. The van der Waals surface area contributed by atoms with Crippen LogP contribution in [0.1, 0.15) is 6.42 Å². The number of halogens is 2. The van der Waals surface area contributed by atoms with Crippen LogP contribution < -0.4 is 10.6 Å². The van der Waals surface area contributed by atoms with Gasteiger partial charge in [-0.3, -0.25) is 9.69 Å². The van der Waals surface area contributed by atoms with Crippen LogP contribution in [0.4, 0.5) is 14.5 Å². The molecule has 1 aliphatic rings. The Kier molecular flexibility index (Phi) is 6.54. The molecule has 0 aliphatic carbocycles. The number of hydrogen-bond donors (Lipinski definition) is 2. The molecule has 1 aromatic carbocycles. The van der Waals surface area contributed by atoms with E-state index in [0.717, 1.165) is 32.8 Å². The van der Waals surface area contributed by atoms with Crippen LogP contribution >= 0.6 is 0 Å². The lowest BCUT2D eigenvalue weighted by molar-refractivity contribution is -0.120. The molecule has 0 unspecified atom stereocenters. The van der Waals surface area contributed by atoms with E-state index in [1.165, 1.54) is 18.2 Å². The molecule has 1 aliphatic heterocycles. The van der Waals surface area contributed by atoms with Crippen molar-refractivity contribution in [2.45, 2.75) is 6.42 Å². The molecule has 1 fully saturated rings. The topological polar surface area (TPSA) is 53.6 Å². The molecule has 1 saturated heterocycles. The number of para-hydroxylation sites is 1. The van der Waals surface area contributed by atoms with Crippen molar-refractivity contribution in [3.63, 3.8) is 0 Å². The summed E-state index contributed by atoms with van der Waals surface area (Å²) in [7, 11) is 0. The number of rotatable bonds is 7. The number of carbonyl (C=O) groups excluding carboxylic acids is 1. The zero-order valence-corrected chi connectivity index (χ0v) is 12.4. The molecule has 5 nitrogen and oxygen atoms in total. The summed E-state index contributed by atoms with van der Waals surface area (Å²) < 4.78 is 32.0. The summed E-state index contributed by atoms with van der Waals surface area (Å²) in [5.74, 6) is -1.46. The van der Waals surface area contributed by atoms with E-state index < -0.39 is 11.6 Å². The average molecular weight is 313 g/mol. The molecule has 7 heteroatoms. The molecule has 0 aromatic heterocycles. The van der Waals surface area contributed by atoms with E-state index in [-0.39, 0.29) is 24.6 Å². The summed E-state index contributed by atoms with van der Waals surface area (Å²) >= 11 is 0. The highest BCUT2D eigenvalue weighted by molar-refractivity contribution is 5.76. The van der Waals surface area contributed by atoms with Gasteiger partial charge in [0.25, 0.3) is 0 Å². The van der Waals surface area contributed by atoms with Gasteiger partial charge < -0.3 is 15.4 Å². The molecule has 0 spiro atoms. The van der Waals surface area contributed by atoms with Gasteiger partial charge in [-0.2, -0.15) is 0 Å². The van der Waals surface area contributed by atoms with Gasteiger partial charge >= 0.3 is 0 Å². The molecule has 1 amide bonds. The third-order valence-corrected chi connectivity index (χ3v) is 3.47. The number of nitrogens with one attached hydrogen (secondary N) is 2. The Morgan fingerprint density at radius 2 is 1.86 bits per heavy atom. The van der Waals surface area contributed by atoms with E-state index in [1.807, 2.05) is 0 Å².